The molecule has 29 heavy (non-hydrogen) atoms. The summed E-state index contributed by atoms with van der Waals surface area (Å²) in [5, 5.41) is 6.74. The van der Waals surface area contributed by atoms with E-state index in [1.807, 2.05) is 7.05 Å². The first-order chi connectivity index (χ1) is 14.1. The molecule has 0 spiro atoms. The number of likely N-dealkylation sites (N-methyl/N-ethyl adjacent to an activating group) is 1. The summed E-state index contributed by atoms with van der Waals surface area (Å²) in [6.07, 6.45) is 0.981. The van der Waals surface area contributed by atoms with Crippen LogP contribution in [0.4, 0.5) is 0 Å². The van der Waals surface area contributed by atoms with Crippen molar-refractivity contribution < 1.29 is 4.74 Å². The standard InChI is InChI=1S/C23H41N5O/c1-5-27-12-14-28(15-13-27)18-22-9-7-21(8-10-22)17-26-23(24-4)25-11-6-16-29-19-20(2)3/h7-10,20H,5-6,11-19H2,1-4H3,(H2,24,25,26). The molecule has 1 aromatic rings. The molecule has 1 saturated heterocycles. The van der Waals surface area contributed by atoms with Crippen LogP contribution in [0.5, 0.6) is 0 Å². The predicted molar refractivity (Wildman–Crippen MR) is 122 cm³/mol. The molecular weight excluding hydrogens is 362 g/mol. The highest BCUT2D eigenvalue weighted by Crippen LogP contribution is 2.10. The lowest BCUT2D eigenvalue weighted by Gasteiger charge is -2.34. The fraction of sp³-hybridized carbons (Fsp3) is 0.696. The number of aliphatic imine (C=N–C) groups is 1. The number of hydrogen-bond acceptors (Lipinski definition) is 4. The zero-order valence-corrected chi connectivity index (χ0v) is 18.9. The van der Waals surface area contributed by atoms with Crippen molar-refractivity contribution in [3.63, 3.8) is 0 Å². The highest BCUT2D eigenvalue weighted by atomic mass is 16.5. The number of rotatable bonds is 11. The second-order valence-electron chi connectivity index (χ2n) is 8.20. The van der Waals surface area contributed by atoms with Crippen LogP contribution in [0, 0.1) is 5.92 Å². The molecule has 0 aromatic heterocycles. The maximum absolute atomic E-state index is 5.61. The number of hydrogen-bond donors (Lipinski definition) is 2. The number of piperazine rings is 1. The van der Waals surface area contributed by atoms with Crippen LogP contribution < -0.4 is 10.6 Å². The first kappa shape index (κ1) is 23.6. The smallest absolute Gasteiger partial charge is 0.191 e. The van der Waals surface area contributed by atoms with Gasteiger partial charge in [0.1, 0.15) is 0 Å². The van der Waals surface area contributed by atoms with Gasteiger partial charge in [0.25, 0.3) is 0 Å². The Morgan fingerprint density at radius 1 is 1.03 bits per heavy atom. The normalized spacial score (nSPS) is 16.4. The lowest BCUT2D eigenvalue weighted by molar-refractivity contribution is 0.108. The molecule has 0 aliphatic carbocycles. The van der Waals surface area contributed by atoms with Crippen molar-refractivity contribution >= 4 is 5.96 Å². The summed E-state index contributed by atoms with van der Waals surface area (Å²) >= 11 is 0. The third-order valence-electron chi connectivity index (χ3n) is 5.23. The summed E-state index contributed by atoms with van der Waals surface area (Å²) in [5.41, 5.74) is 2.66. The van der Waals surface area contributed by atoms with Gasteiger partial charge in [-0.1, -0.05) is 45.0 Å². The summed E-state index contributed by atoms with van der Waals surface area (Å²) in [5.74, 6) is 1.43. The van der Waals surface area contributed by atoms with Gasteiger partial charge in [-0.05, 0) is 30.0 Å². The minimum Gasteiger partial charge on any atom is -0.381 e. The maximum Gasteiger partial charge on any atom is 0.191 e. The Hall–Kier alpha value is -1.63. The number of ether oxygens (including phenoxy) is 1. The van der Waals surface area contributed by atoms with E-state index in [9.17, 15) is 0 Å². The molecule has 1 heterocycles. The average Bonchev–Trinajstić information content (AvgIpc) is 2.74. The topological polar surface area (TPSA) is 52.1 Å². The third kappa shape index (κ3) is 9.61. The highest BCUT2D eigenvalue weighted by molar-refractivity contribution is 5.79. The average molecular weight is 404 g/mol. The van der Waals surface area contributed by atoms with Crippen LogP contribution in [0.1, 0.15) is 38.3 Å². The van der Waals surface area contributed by atoms with E-state index in [0.29, 0.717) is 5.92 Å². The van der Waals surface area contributed by atoms with Crippen molar-refractivity contribution in [2.24, 2.45) is 10.9 Å². The van der Waals surface area contributed by atoms with Crippen molar-refractivity contribution in [2.45, 2.75) is 40.3 Å². The minimum absolute atomic E-state index is 0.593. The quantitative estimate of drug-likeness (QED) is 0.338. The molecular formula is C23H41N5O. The van der Waals surface area contributed by atoms with Crippen LogP contribution >= 0.6 is 0 Å². The summed E-state index contributed by atoms with van der Waals surface area (Å²) < 4.78 is 5.61. The van der Waals surface area contributed by atoms with E-state index in [1.54, 1.807) is 0 Å². The van der Waals surface area contributed by atoms with Gasteiger partial charge >= 0.3 is 0 Å². The van der Waals surface area contributed by atoms with Gasteiger partial charge in [0.2, 0.25) is 0 Å². The van der Waals surface area contributed by atoms with Crippen molar-refractivity contribution in [1.29, 1.82) is 0 Å². The van der Waals surface area contributed by atoms with Gasteiger partial charge in [0, 0.05) is 66.1 Å². The summed E-state index contributed by atoms with van der Waals surface area (Å²) in [6, 6.07) is 8.95. The summed E-state index contributed by atoms with van der Waals surface area (Å²) in [4.78, 5) is 9.37. The Morgan fingerprint density at radius 3 is 2.31 bits per heavy atom. The largest absolute Gasteiger partial charge is 0.381 e. The zero-order chi connectivity index (χ0) is 20.9. The Bertz CT molecular complexity index is 579. The van der Waals surface area contributed by atoms with Gasteiger partial charge in [-0.2, -0.15) is 0 Å². The van der Waals surface area contributed by atoms with E-state index < -0.39 is 0 Å². The van der Waals surface area contributed by atoms with E-state index in [2.05, 4.69) is 70.5 Å². The minimum atomic E-state index is 0.593. The van der Waals surface area contributed by atoms with Gasteiger partial charge in [0.15, 0.2) is 5.96 Å². The molecule has 0 bridgehead atoms. The molecule has 164 valence electrons. The number of nitrogens with zero attached hydrogens (tertiary/aromatic N) is 3. The van der Waals surface area contributed by atoms with Crippen LogP contribution in [0.2, 0.25) is 0 Å². The fourth-order valence-corrected chi connectivity index (χ4v) is 3.39. The highest BCUT2D eigenvalue weighted by Gasteiger charge is 2.15. The first-order valence-electron chi connectivity index (χ1n) is 11.2. The van der Waals surface area contributed by atoms with Crippen LogP contribution in [0.25, 0.3) is 0 Å². The Kier molecular flexibility index (Phi) is 11.1. The van der Waals surface area contributed by atoms with Crippen molar-refractivity contribution in [3.8, 4) is 0 Å². The van der Waals surface area contributed by atoms with Crippen molar-refractivity contribution in [2.75, 3.05) is 59.5 Å². The van der Waals surface area contributed by atoms with Crippen LogP contribution in [-0.4, -0.2) is 75.3 Å². The zero-order valence-electron chi connectivity index (χ0n) is 18.9. The van der Waals surface area contributed by atoms with Crippen molar-refractivity contribution in [1.82, 2.24) is 20.4 Å². The van der Waals surface area contributed by atoms with E-state index in [4.69, 9.17) is 4.74 Å². The molecule has 6 heteroatoms. The monoisotopic (exact) mass is 403 g/mol. The molecule has 0 amide bonds. The van der Waals surface area contributed by atoms with E-state index in [-0.39, 0.29) is 0 Å². The van der Waals surface area contributed by atoms with Gasteiger partial charge < -0.3 is 20.3 Å². The predicted octanol–water partition coefficient (Wildman–Crippen LogP) is 2.55. The number of nitrogens with one attached hydrogen (secondary N) is 2. The molecule has 2 N–H and O–H groups in total. The van der Waals surface area contributed by atoms with Gasteiger partial charge in [-0.3, -0.25) is 9.89 Å². The van der Waals surface area contributed by atoms with E-state index in [0.717, 1.165) is 45.2 Å². The first-order valence-corrected chi connectivity index (χ1v) is 11.2. The van der Waals surface area contributed by atoms with Gasteiger partial charge in [-0.25, -0.2) is 0 Å². The molecule has 6 nitrogen and oxygen atoms in total. The number of guanidine groups is 1. The third-order valence-corrected chi connectivity index (χ3v) is 5.23. The van der Waals surface area contributed by atoms with E-state index in [1.165, 1.54) is 43.9 Å². The SMILES string of the molecule is CCN1CCN(Cc2ccc(CNC(=NC)NCCCOCC(C)C)cc2)CC1. The Morgan fingerprint density at radius 2 is 1.69 bits per heavy atom. The lowest BCUT2D eigenvalue weighted by Crippen LogP contribution is -2.45. The lowest BCUT2D eigenvalue weighted by atomic mass is 10.1. The fourth-order valence-electron chi connectivity index (χ4n) is 3.39. The molecule has 1 aliphatic heterocycles. The molecule has 1 fully saturated rings. The van der Waals surface area contributed by atoms with Gasteiger partial charge in [-0.15, -0.1) is 0 Å². The molecule has 0 radical (unpaired) electrons. The van der Waals surface area contributed by atoms with Crippen molar-refractivity contribution in [3.05, 3.63) is 35.4 Å². The van der Waals surface area contributed by atoms with Crippen LogP contribution in [0.15, 0.2) is 29.3 Å². The second kappa shape index (κ2) is 13.6. The molecule has 0 atom stereocenters. The Labute approximate surface area is 177 Å². The summed E-state index contributed by atoms with van der Waals surface area (Å²) in [6.45, 7) is 16.8. The Balaban J connectivity index is 1.64. The molecule has 0 unspecified atom stereocenters. The molecule has 1 aliphatic rings. The van der Waals surface area contributed by atoms with Crippen LogP contribution in [-0.2, 0) is 17.8 Å². The molecule has 2 rings (SSSR count). The van der Waals surface area contributed by atoms with E-state index >= 15 is 0 Å². The maximum atomic E-state index is 5.61. The molecule has 0 saturated carbocycles. The van der Waals surface area contributed by atoms with Gasteiger partial charge in [0.05, 0.1) is 0 Å². The van der Waals surface area contributed by atoms with Crippen LogP contribution in [0.3, 0.4) is 0 Å². The summed E-state index contributed by atoms with van der Waals surface area (Å²) in [7, 11) is 1.81. The molecule has 1 aromatic carbocycles. The number of benzene rings is 1. The second-order valence-corrected chi connectivity index (χ2v) is 8.20.